The van der Waals surface area contributed by atoms with Crippen LogP contribution in [-0.2, 0) is 6.61 Å². The molecule has 4 rings (SSSR count). The fraction of sp³-hybridized carbons (Fsp3) is 0.105. The van der Waals surface area contributed by atoms with E-state index in [1.54, 1.807) is 0 Å². The summed E-state index contributed by atoms with van der Waals surface area (Å²) in [5.41, 5.74) is 1.33. The summed E-state index contributed by atoms with van der Waals surface area (Å²) in [6.07, 6.45) is 0. The van der Waals surface area contributed by atoms with Crippen LogP contribution >= 0.6 is 11.3 Å². The van der Waals surface area contributed by atoms with E-state index in [0.717, 1.165) is 16.1 Å². The predicted molar refractivity (Wildman–Crippen MR) is 99.6 cm³/mol. The van der Waals surface area contributed by atoms with Gasteiger partial charge >= 0.3 is 0 Å². The molecule has 2 heterocycles. The van der Waals surface area contributed by atoms with E-state index in [9.17, 15) is 4.79 Å². The van der Waals surface area contributed by atoms with Gasteiger partial charge in [-0.2, -0.15) is 0 Å². The van der Waals surface area contributed by atoms with Crippen LogP contribution in [0.15, 0.2) is 59.0 Å². The lowest BCUT2D eigenvalue weighted by Crippen LogP contribution is -2.13. The summed E-state index contributed by atoms with van der Waals surface area (Å²) in [5, 5.41) is 12.6. The van der Waals surface area contributed by atoms with E-state index >= 15 is 0 Å². The van der Waals surface area contributed by atoms with Gasteiger partial charge in [0.15, 0.2) is 5.76 Å². The molecule has 0 fully saturated rings. The fourth-order valence-electron chi connectivity index (χ4n) is 2.60. The monoisotopic (exact) mass is 365 g/mol. The minimum atomic E-state index is -0.371. The van der Waals surface area contributed by atoms with Gasteiger partial charge < -0.3 is 9.15 Å². The molecule has 0 radical (unpaired) electrons. The van der Waals surface area contributed by atoms with E-state index in [4.69, 9.17) is 9.15 Å². The average Bonchev–Trinajstić information content (AvgIpc) is 3.24. The summed E-state index contributed by atoms with van der Waals surface area (Å²) in [6, 6.07) is 17.0. The van der Waals surface area contributed by atoms with E-state index in [1.807, 2.05) is 61.5 Å². The Hall–Kier alpha value is -3.19. The number of ether oxygens (including phenoxy) is 1. The smallest absolute Gasteiger partial charge is 0.293 e. The number of nitrogens with one attached hydrogen (secondary N) is 1. The van der Waals surface area contributed by atoms with Crippen molar-refractivity contribution >= 4 is 33.3 Å². The third-order valence-corrected chi connectivity index (χ3v) is 4.53. The third kappa shape index (κ3) is 3.29. The number of aryl methyl sites for hydroxylation is 1. The molecule has 0 bridgehead atoms. The van der Waals surface area contributed by atoms with E-state index in [-0.39, 0.29) is 18.3 Å². The van der Waals surface area contributed by atoms with Crippen LogP contribution < -0.4 is 10.1 Å². The molecule has 2 aromatic carbocycles. The number of benzene rings is 2. The number of hydrogen-bond donors (Lipinski definition) is 1. The predicted octanol–water partition coefficient (Wildman–Crippen LogP) is 4.42. The maximum atomic E-state index is 12.7. The van der Waals surface area contributed by atoms with Crippen molar-refractivity contribution in [2.24, 2.45) is 0 Å². The molecule has 0 spiro atoms. The third-order valence-electron chi connectivity index (χ3n) is 3.78. The lowest BCUT2D eigenvalue weighted by atomic mass is 10.1. The number of fused-ring (bicyclic) bond motifs is 1. The van der Waals surface area contributed by atoms with Gasteiger partial charge in [-0.3, -0.25) is 10.1 Å². The lowest BCUT2D eigenvalue weighted by Gasteiger charge is -2.06. The van der Waals surface area contributed by atoms with Crippen molar-refractivity contribution in [2.45, 2.75) is 13.5 Å². The van der Waals surface area contributed by atoms with Gasteiger partial charge in [0.05, 0.1) is 0 Å². The number of aromatic nitrogens is 2. The number of hydrogen-bond acceptors (Lipinski definition) is 6. The van der Waals surface area contributed by atoms with Gasteiger partial charge in [0, 0.05) is 10.9 Å². The second-order valence-corrected chi connectivity index (χ2v) is 6.77. The largest absolute Gasteiger partial charge is 0.489 e. The number of carbonyl (C=O) groups excluding carboxylic acids is 1. The molecule has 2 aromatic heterocycles. The zero-order valence-corrected chi connectivity index (χ0v) is 14.7. The van der Waals surface area contributed by atoms with Gasteiger partial charge in [-0.15, -0.1) is 10.2 Å². The molecular formula is C19H15N3O3S. The van der Waals surface area contributed by atoms with Crippen LogP contribution in [0.2, 0.25) is 0 Å². The highest BCUT2D eigenvalue weighted by Crippen LogP contribution is 2.28. The molecule has 0 saturated carbocycles. The van der Waals surface area contributed by atoms with E-state index in [1.165, 1.54) is 11.3 Å². The number of amides is 1. The molecule has 6 nitrogen and oxygen atoms in total. The summed E-state index contributed by atoms with van der Waals surface area (Å²) >= 11 is 1.31. The highest BCUT2D eigenvalue weighted by Gasteiger charge is 2.22. The van der Waals surface area contributed by atoms with Crippen LogP contribution in [0.3, 0.4) is 0 Å². The van der Waals surface area contributed by atoms with Crippen LogP contribution in [0.1, 0.15) is 21.1 Å². The molecule has 7 heteroatoms. The van der Waals surface area contributed by atoms with Crippen LogP contribution in [0.5, 0.6) is 5.75 Å². The number of carbonyl (C=O) groups is 1. The van der Waals surface area contributed by atoms with Gasteiger partial charge in [-0.05, 0) is 25.1 Å². The zero-order chi connectivity index (χ0) is 17.9. The Morgan fingerprint density at radius 1 is 1.12 bits per heavy atom. The number of rotatable bonds is 5. The molecule has 0 unspecified atom stereocenters. The molecule has 130 valence electrons. The number of furan rings is 1. The van der Waals surface area contributed by atoms with Gasteiger partial charge in [-0.25, -0.2) is 0 Å². The van der Waals surface area contributed by atoms with Crippen molar-refractivity contribution < 1.29 is 13.9 Å². The van der Waals surface area contributed by atoms with Crippen LogP contribution in [0.25, 0.3) is 11.0 Å². The maximum absolute atomic E-state index is 12.7. The quantitative estimate of drug-likeness (QED) is 0.566. The SMILES string of the molecule is Cc1nnc(NC(=O)c2oc3ccccc3c2COc2ccccc2)s1. The molecule has 1 N–H and O–H groups in total. The first kappa shape index (κ1) is 16.3. The van der Waals surface area contributed by atoms with Crippen LogP contribution in [0, 0.1) is 6.92 Å². The minimum Gasteiger partial charge on any atom is -0.489 e. The summed E-state index contributed by atoms with van der Waals surface area (Å²) in [6.45, 7) is 2.05. The Morgan fingerprint density at radius 3 is 2.65 bits per heavy atom. The standard InChI is InChI=1S/C19H15N3O3S/c1-12-21-22-19(26-12)20-18(23)17-15(11-24-13-7-3-2-4-8-13)14-9-5-6-10-16(14)25-17/h2-10H,11H2,1H3,(H,20,22,23). The van der Waals surface area contributed by atoms with Gasteiger partial charge in [0.2, 0.25) is 5.13 Å². The van der Waals surface area contributed by atoms with Crippen LogP contribution in [0.4, 0.5) is 5.13 Å². The van der Waals surface area contributed by atoms with Crippen molar-refractivity contribution in [3.05, 3.63) is 70.9 Å². The topological polar surface area (TPSA) is 77.3 Å². The molecule has 1 amide bonds. The molecule has 26 heavy (non-hydrogen) atoms. The summed E-state index contributed by atoms with van der Waals surface area (Å²) in [4.78, 5) is 12.7. The molecular weight excluding hydrogens is 350 g/mol. The Balaban J connectivity index is 1.65. The van der Waals surface area contributed by atoms with Gasteiger partial charge in [0.25, 0.3) is 5.91 Å². The van der Waals surface area contributed by atoms with Crippen molar-refractivity contribution in [3.8, 4) is 5.75 Å². The van der Waals surface area contributed by atoms with Crippen LogP contribution in [-0.4, -0.2) is 16.1 Å². The van der Waals surface area contributed by atoms with Crippen molar-refractivity contribution in [2.75, 3.05) is 5.32 Å². The Labute approximate surface area is 153 Å². The van der Waals surface area contributed by atoms with Crippen molar-refractivity contribution in [3.63, 3.8) is 0 Å². The Morgan fingerprint density at radius 2 is 1.88 bits per heavy atom. The average molecular weight is 365 g/mol. The van der Waals surface area contributed by atoms with E-state index in [2.05, 4.69) is 15.5 Å². The number of anilines is 1. The van der Waals surface area contributed by atoms with E-state index < -0.39 is 0 Å². The summed E-state index contributed by atoms with van der Waals surface area (Å²) in [5.74, 6) is 0.572. The van der Waals surface area contributed by atoms with Gasteiger partial charge in [-0.1, -0.05) is 47.7 Å². The highest BCUT2D eigenvalue weighted by atomic mass is 32.1. The van der Waals surface area contributed by atoms with Crippen molar-refractivity contribution in [1.29, 1.82) is 0 Å². The molecule has 0 aliphatic heterocycles. The Bertz CT molecular complexity index is 1060. The first-order valence-electron chi connectivity index (χ1n) is 8.00. The highest BCUT2D eigenvalue weighted by molar-refractivity contribution is 7.15. The Kier molecular flexibility index (Phi) is 4.37. The number of nitrogens with zero attached hydrogens (tertiary/aromatic N) is 2. The fourth-order valence-corrected chi connectivity index (χ4v) is 3.19. The molecule has 4 aromatic rings. The summed E-state index contributed by atoms with van der Waals surface area (Å²) in [7, 11) is 0. The molecule has 0 aliphatic rings. The van der Waals surface area contributed by atoms with Gasteiger partial charge in [0.1, 0.15) is 22.9 Å². The normalized spacial score (nSPS) is 10.8. The molecule has 0 aliphatic carbocycles. The lowest BCUT2D eigenvalue weighted by molar-refractivity contribution is 0.0995. The first-order chi connectivity index (χ1) is 12.7. The second-order valence-electron chi connectivity index (χ2n) is 5.59. The summed E-state index contributed by atoms with van der Waals surface area (Å²) < 4.78 is 11.6. The number of para-hydroxylation sites is 2. The first-order valence-corrected chi connectivity index (χ1v) is 8.82. The second kappa shape index (κ2) is 6.97. The molecule has 0 atom stereocenters. The minimum absolute atomic E-state index is 0.218. The van der Waals surface area contributed by atoms with Crippen molar-refractivity contribution in [1.82, 2.24) is 10.2 Å². The molecule has 0 saturated heterocycles. The van der Waals surface area contributed by atoms with E-state index in [0.29, 0.717) is 16.3 Å². The zero-order valence-electron chi connectivity index (χ0n) is 13.9. The maximum Gasteiger partial charge on any atom is 0.293 e.